The lowest BCUT2D eigenvalue weighted by molar-refractivity contribution is 0.211. The zero-order valence-electron chi connectivity index (χ0n) is 9.90. The van der Waals surface area contributed by atoms with Crippen molar-refractivity contribution < 1.29 is 0 Å². The molecule has 0 aliphatic rings. The Bertz CT molecular complexity index is 110. The number of hydrogen-bond acceptors (Lipinski definition) is 1. The van der Waals surface area contributed by atoms with Gasteiger partial charge < -0.3 is 5.73 Å². The van der Waals surface area contributed by atoms with Crippen molar-refractivity contribution >= 4 is 0 Å². The van der Waals surface area contributed by atoms with E-state index in [0.29, 0.717) is 11.5 Å². The fourth-order valence-corrected chi connectivity index (χ4v) is 1.74. The van der Waals surface area contributed by atoms with E-state index in [0.717, 1.165) is 0 Å². The Labute approximate surface area is 84.1 Å². The van der Waals surface area contributed by atoms with Gasteiger partial charge in [0.05, 0.1) is 0 Å². The Hall–Kier alpha value is -0.0400. The monoisotopic (exact) mass is 185 g/mol. The molecule has 80 valence electrons. The van der Waals surface area contributed by atoms with Crippen LogP contribution in [-0.4, -0.2) is 6.04 Å². The van der Waals surface area contributed by atoms with Crippen LogP contribution in [0.4, 0.5) is 0 Å². The van der Waals surface area contributed by atoms with Crippen LogP contribution in [0.25, 0.3) is 0 Å². The second kappa shape index (κ2) is 6.42. The molecule has 0 rings (SSSR count). The molecule has 1 atom stereocenters. The van der Waals surface area contributed by atoms with Crippen molar-refractivity contribution in [3.63, 3.8) is 0 Å². The van der Waals surface area contributed by atoms with Crippen molar-refractivity contribution in [1.82, 2.24) is 0 Å². The molecule has 0 aromatic carbocycles. The lowest BCUT2D eigenvalue weighted by Crippen LogP contribution is -2.37. The minimum absolute atomic E-state index is 0.339. The van der Waals surface area contributed by atoms with Gasteiger partial charge in [0.1, 0.15) is 0 Å². The van der Waals surface area contributed by atoms with Crippen LogP contribution in [0.15, 0.2) is 0 Å². The second-order valence-corrected chi connectivity index (χ2v) is 4.65. The molecule has 2 N–H and O–H groups in total. The average Bonchev–Trinajstić information content (AvgIpc) is 2.11. The molecule has 0 aromatic heterocycles. The van der Waals surface area contributed by atoms with E-state index in [1.54, 1.807) is 0 Å². The van der Waals surface area contributed by atoms with Crippen molar-refractivity contribution in [3.05, 3.63) is 0 Å². The summed E-state index contributed by atoms with van der Waals surface area (Å²) in [7, 11) is 0. The van der Waals surface area contributed by atoms with E-state index >= 15 is 0 Å². The molecule has 1 heteroatoms. The van der Waals surface area contributed by atoms with E-state index in [2.05, 4.69) is 27.7 Å². The summed E-state index contributed by atoms with van der Waals surface area (Å²) in [6.45, 7) is 9.01. The zero-order chi connectivity index (χ0) is 10.3. The number of unbranched alkanes of at least 4 members (excludes halogenated alkanes) is 2. The van der Waals surface area contributed by atoms with Gasteiger partial charge in [0.15, 0.2) is 0 Å². The summed E-state index contributed by atoms with van der Waals surface area (Å²) in [5, 5.41) is 0. The van der Waals surface area contributed by atoms with Gasteiger partial charge in [0, 0.05) is 6.04 Å². The summed E-state index contributed by atoms with van der Waals surface area (Å²) in [6.07, 6.45) is 7.80. The van der Waals surface area contributed by atoms with Crippen LogP contribution in [0.3, 0.4) is 0 Å². The number of rotatable bonds is 7. The van der Waals surface area contributed by atoms with Crippen LogP contribution < -0.4 is 5.73 Å². The molecule has 1 unspecified atom stereocenters. The Morgan fingerprint density at radius 2 is 1.46 bits per heavy atom. The van der Waals surface area contributed by atoms with E-state index < -0.39 is 0 Å². The third kappa shape index (κ3) is 4.66. The van der Waals surface area contributed by atoms with Crippen LogP contribution in [0.1, 0.15) is 66.2 Å². The Morgan fingerprint density at radius 1 is 1.08 bits per heavy atom. The zero-order valence-corrected chi connectivity index (χ0v) is 9.90. The molecule has 0 aromatic rings. The molecule has 0 aliphatic carbocycles. The molecule has 0 heterocycles. The summed E-state index contributed by atoms with van der Waals surface area (Å²) in [5.41, 5.74) is 6.43. The maximum absolute atomic E-state index is 6.05. The first kappa shape index (κ1) is 13.0. The summed E-state index contributed by atoms with van der Waals surface area (Å²) in [4.78, 5) is 0. The van der Waals surface area contributed by atoms with Gasteiger partial charge >= 0.3 is 0 Å². The first-order valence-corrected chi connectivity index (χ1v) is 5.82. The third-order valence-electron chi connectivity index (χ3n) is 3.30. The summed E-state index contributed by atoms with van der Waals surface area (Å²) < 4.78 is 0. The molecule has 0 radical (unpaired) electrons. The van der Waals surface area contributed by atoms with E-state index in [-0.39, 0.29) is 0 Å². The summed E-state index contributed by atoms with van der Waals surface area (Å²) >= 11 is 0. The van der Waals surface area contributed by atoms with Crippen LogP contribution in [0.2, 0.25) is 0 Å². The molecule has 0 spiro atoms. The number of nitrogens with two attached hydrogens (primary N) is 1. The van der Waals surface area contributed by atoms with Gasteiger partial charge in [-0.3, -0.25) is 0 Å². The smallest absolute Gasteiger partial charge is 0.00643 e. The minimum atomic E-state index is 0.339. The normalized spacial score (nSPS) is 14.5. The molecule has 0 saturated heterocycles. The average molecular weight is 185 g/mol. The molecule has 0 bridgehead atoms. The third-order valence-corrected chi connectivity index (χ3v) is 3.30. The fraction of sp³-hybridized carbons (Fsp3) is 1.00. The van der Waals surface area contributed by atoms with Crippen molar-refractivity contribution in [1.29, 1.82) is 0 Å². The maximum Gasteiger partial charge on any atom is 0.00643 e. The predicted molar refractivity (Wildman–Crippen MR) is 60.8 cm³/mol. The van der Waals surface area contributed by atoms with Crippen molar-refractivity contribution in [2.24, 2.45) is 11.1 Å². The lowest BCUT2D eigenvalue weighted by atomic mass is 9.75. The Kier molecular flexibility index (Phi) is 6.40. The predicted octanol–water partition coefficient (Wildman–Crippen LogP) is 3.72. The Morgan fingerprint density at radius 3 is 1.69 bits per heavy atom. The van der Waals surface area contributed by atoms with Gasteiger partial charge in [-0.1, -0.05) is 46.5 Å². The van der Waals surface area contributed by atoms with Gasteiger partial charge in [0.2, 0.25) is 0 Å². The highest BCUT2D eigenvalue weighted by atomic mass is 14.7. The van der Waals surface area contributed by atoms with Gasteiger partial charge in [-0.2, -0.15) is 0 Å². The summed E-state index contributed by atoms with van der Waals surface area (Å²) in [5.74, 6) is 0. The molecule has 1 nitrogen and oxygen atoms in total. The molecular formula is C12H27N. The van der Waals surface area contributed by atoms with Crippen LogP contribution >= 0.6 is 0 Å². The van der Waals surface area contributed by atoms with Gasteiger partial charge in [0.25, 0.3) is 0 Å². The highest BCUT2D eigenvalue weighted by Crippen LogP contribution is 2.33. The van der Waals surface area contributed by atoms with Crippen LogP contribution in [0.5, 0.6) is 0 Å². The van der Waals surface area contributed by atoms with E-state index in [4.69, 9.17) is 5.73 Å². The summed E-state index contributed by atoms with van der Waals surface area (Å²) in [6, 6.07) is 0.339. The van der Waals surface area contributed by atoms with Gasteiger partial charge in [-0.25, -0.2) is 0 Å². The molecular weight excluding hydrogens is 158 g/mol. The van der Waals surface area contributed by atoms with E-state index in [9.17, 15) is 0 Å². The molecule has 0 fully saturated rings. The first-order valence-electron chi connectivity index (χ1n) is 5.82. The fourth-order valence-electron chi connectivity index (χ4n) is 1.74. The first-order chi connectivity index (χ1) is 6.06. The largest absolute Gasteiger partial charge is 0.327 e. The minimum Gasteiger partial charge on any atom is -0.327 e. The van der Waals surface area contributed by atoms with Crippen LogP contribution in [0, 0.1) is 5.41 Å². The highest BCUT2D eigenvalue weighted by molar-refractivity contribution is 4.82. The number of hydrogen-bond donors (Lipinski definition) is 1. The van der Waals surface area contributed by atoms with E-state index in [1.165, 1.54) is 38.5 Å². The second-order valence-electron chi connectivity index (χ2n) is 4.65. The molecule has 0 aliphatic heterocycles. The van der Waals surface area contributed by atoms with Crippen LogP contribution in [-0.2, 0) is 0 Å². The van der Waals surface area contributed by atoms with E-state index in [1.807, 2.05) is 0 Å². The lowest BCUT2D eigenvalue weighted by Gasteiger charge is -2.33. The topological polar surface area (TPSA) is 26.0 Å². The quantitative estimate of drug-likeness (QED) is 0.642. The Balaban J connectivity index is 4.00. The SMILES string of the molecule is CCCCC(C)(CCCC)C(C)N. The highest BCUT2D eigenvalue weighted by Gasteiger charge is 2.26. The van der Waals surface area contributed by atoms with Crippen molar-refractivity contribution in [2.75, 3.05) is 0 Å². The van der Waals surface area contributed by atoms with Gasteiger partial charge in [-0.15, -0.1) is 0 Å². The van der Waals surface area contributed by atoms with Gasteiger partial charge in [-0.05, 0) is 25.2 Å². The standard InChI is InChI=1S/C12H27N/c1-5-7-9-12(4,11(3)13)10-8-6-2/h11H,5-10,13H2,1-4H3. The maximum atomic E-state index is 6.05. The molecule has 0 amide bonds. The van der Waals surface area contributed by atoms with Crippen molar-refractivity contribution in [3.8, 4) is 0 Å². The van der Waals surface area contributed by atoms with Crippen molar-refractivity contribution in [2.45, 2.75) is 72.3 Å². The molecule has 0 saturated carbocycles. The molecule has 13 heavy (non-hydrogen) atoms.